The topological polar surface area (TPSA) is 106 Å². The number of hydrogen-bond acceptors (Lipinski definition) is 6. The number of thiazole rings is 1. The molecule has 0 aliphatic heterocycles. The van der Waals surface area contributed by atoms with E-state index in [1.54, 1.807) is 47.2 Å². The molecule has 0 atom stereocenters. The molecular weight excluding hydrogens is 546 g/mol. The van der Waals surface area contributed by atoms with Gasteiger partial charge in [0.15, 0.2) is 5.57 Å². The largest absolute Gasteiger partial charge is 0.467 e. The maximum absolute atomic E-state index is 14.0. The molecule has 6 rings (SSSR count). The molecule has 9 heteroatoms. The van der Waals surface area contributed by atoms with Gasteiger partial charge in [0.25, 0.3) is 11.5 Å². The average molecular weight is 570 g/mol. The van der Waals surface area contributed by atoms with Crippen LogP contribution >= 0.6 is 11.3 Å². The van der Waals surface area contributed by atoms with Crippen LogP contribution in [0.3, 0.4) is 0 Å². The average Bonchev–Trinajstić information content (AvgIpc) is 3.78. The highest BCUT2D eigenvalue weighted by molar-refractivity contribution is 7.07. The van der Waals surface area contributed by atoms with Gasteiger partial charge in [-0.1, -0.05) is 66.7 Å². The summed E-state index contributed by atoms with van der Waals surface area (Å²) in [6.45, 7) is 0.107. The van der Waals surface area contributed by atoms with Gasteiger partial charge in [-0.3, -0.25) is 14.2 Å². The first-order valence-corrected chi connectivity index (χ1v) is 13.9. The normalized spacial score (nSPS) is 12.1. The van der Waals surface area contributed by atoms with E-state index in [2.05, 4.69) is 5.32 Å². The Labute approximate surface area is 244 Å². The zero-order valence-electron chi connectivity index (χ0n) is 22.2. The van der Waals surface area contributed by atoms with Crippen molar-refractivity contribution in [2.45, 2.75) is 6.54 Å². The monoisotopic (exact) mass is 569 g/mol. The summed E-state index contributed by atoms with van der Waals surface area (Å²) in [4.78, 5) is 27.1. The van der Waals surface area contributed by atoms with E-state index in [4.69, 9.17) is 9.52 Å². The predicted molar refractivity (Wildman–Crippen MR) is 161 cm³/mol. The van der Waals surface area contributed by atoms with Crippen LogP contribution in [0.5, 0.6) is 0 Å². The van der Waals surface area contributed by atoms with E-state index in [0.29, 0.717) is 21.7 Å². The molecule has 3 aromatic carbocycles. The number of aromatic nitrogens is 3. The van der Waals surface area contributed by atoms with E-state index in [1.165, 1.54) is 10.8 Å². The van der Waals surface area contributed by atoms with Crippen LogP contribution in [0.1, 0.15) is 11.3 Å². The maximum Gasteiger partial charge on any atom is 0.273 e. The number of carbonyl (C=O) groups is 1. The highest BCUT2D eigenvalue weighted by Crippen LogP contribution is 2.24. The quantitative estimate of drug-likeness (QED) is 0.311. The fourth-order valence-electron chi connectivity index (χ4n) is 4.49. The lowest BCUT2D eigenvalue weighted by Gasteiger charge is -2.04. The van der Waals surface area contributed by atoms with Crippen LogP contribution in [-0.4, -0.2) is 20.3 Å². The third-order valence-electron chi connectivity index (χ3n) is 6.49. The predicted octanol–water partition coefficient (Wildman–Crippen LogP) is 4.16. The fourth-order valence-corrected chi connectivity index (χ4v) is 5.59. The van der Waals surface area contributed by atoms with Crippen molar-refractivity contribution >= 4 is 28.9 Å². The molecule has 3 heterocycles. The second kappa shape index (κ2) is 11.8. The molecule has 6 aromatic rings. The summed E-state index contributed by atoms with van der Waals surface area (Å²) in [5.74, 6) is -0.0570. The van der Waals surface area contributed by atoms with Crippen molar-refractivity contribution in [2.24, 2.45) is 0 Å². The molecule has 1 amide bonds. The second-order valence-corrected chi connectivity index (χ2v) is 10.3. The van der Waals surface area contributed by atoms with E-state index < -0.39 is 5.91 Å². The molecule has 0 unspecified atom stereocenters. The van der Waals surface area contributed by atoms with Gasteiger partial charge < -0.3 is 9.73 Å². The summed E-state index contributed by atoms with van der Waals surface area (Å²) in [6, 6.07) is 33.8. The summed E-state index contributed by atoms with van der Waals surface area (Å²) in [7, 11) is 0. The lowest BCUT2D eigenvalue weighted by molar-refractivity contribution is -0.115. The minimum atomic E-state index is -0.603. The zero-order chi connectivity index (χ0) is 28.9. The van der Waals surface area contributed by atoms with Gasteiger partial charge in [0, 0.05) is 17.3 Å². The van der Waals surface area contributed by atoms with Gasteiger partial charge in [-0.2, -0.15) is 10.4 Å². The van der Waals surface area contributed by atoms with Gasteiger partial charge in [-0.05, 0) is 42.5 Å². The zero-order valence-corrected chi connectivity index (χ0v) is 23.0. The van der Waals surface area contributed by atoms with Crippen molar-refractivity contribution < 1.29 is 9.21 Å². The van der Waals surface area contributed by atoms with Crippen LogP contribution < -0.4 is 20.1 Å². The van der Waals surface area contributed by atoms with Crippen LogP contribution in [0.4, 0.5) is 0 Å². The summed E-state index contributed by atoms with van der Waals surface area (Å²) < 4.78 is 9.06. The smallest absolute Gasteiger partial charge is 0.273 e. The number of amides is 1. The Bertz CT molecular complexity index is 2070. The Kier molecular flexibility index (Phi) is 7.44. The Morgan fingerprint density at radius 1 is 0.929 bits per heavy atom. The lowest BCUT2D eigenvalue weighted by atomic mass is 10.1. The Hall–Kier alpha value is -5.72. The van der Waals surface area contributed by atoms with Gasteiger partial charge in [0.2, 0.25) is 0 Å². The molecule has 8 nitrogen and oxygen atoms in total. The second-order valence-electron chi connectivity index (χ2n) is 9.22. The number of rotatable bonds is 7. The third kappa shape index (κ3) is 5.35. The van der Waals surface area contributed by atoms with Crippen molar-refractivity contribution in [3.8, 4) is 28.7 Å². The van der Waals surface area contributed by atoms with Crippen molar-refractivity contribution in [2.75, 3.05) is 0 Å². The summed E-state index contributed by atoms with van der Waals surface area (Å²) in [5.41, 5.74) is 3.20. The van der Waals surface area contributed by atoms with Crippen LogP contribution in [0.15, 0.2) is 125 Å². The highest BCUT2D eigenvalue weighted by atomic mass is 32.1. The molecule has 1 N–H and O–H groups in total. The van der Waals surface area contributed by atoms with E-state index in [1.807, 2.05) is 79.0 Å². The molecule has 204 valence electrons. The van der Waals surface area contributed by atoms with Gasteiger partial charge >= 0.3 is 0 Å². The minimum absolute atomic E-state index is 0.107. The molecule has 0 bridgehead atoms. The Morgan fingerprint density at radius 2 is 1.60 bits per heavy atom. The van der Waals surface area contributed by atoms with Crippen molar-refractivity contribution in [3.63, 3.8) is 0 Å². The molecule has 3 aromatic heterocycles. The first kappa shape index (κ1) is 26.5. The lowest BCUT2D eigenvalue weighted by Crippen LogP contribution is -2.33. The number of nitriles is 1. The van der Waals surface area contributed by atoms with Crippen LogP contribution in [0, 0.1) is 11.3 Å². The Balaban J connectivity index is 1.55. The van der Waals surface area contributed by atoms with Gasteiger partial charge in [0.05, 0.1) is 34.4 Å². The molecule has 0 aliphatic carbocycles. The summed E-state index contributed by atoms with van der Waals surface area (Å²) in [5, 5.41) is 17.6. The van der Waals surface area contributed by atoms with Crippen LogP contribution in [0.2, 0.25) is 0 Å². The molecule has 0 saturated carbocycles. The number of nitrogens with zero attached hydrogens (tertiary/aromatic N) is 4. The first-order chi connectivity index (χ1) is 20.6. The summed E-state index contributed by atoms with van der Waals surface area (Å²) in [6.07, 6.45) is 5.14. The number of carbonyl (C=O) groups excluding carboxylic acids is 1. The molecule has 0 spiro atoms. The van der Waals surface area contributed by atoms with Crippen molar-refractivity contribution in [1.82, 2.24) is 19.7 Å². The van der Waals surface area contributed by atoms with Gasteiger partial charge in [0.1, 0.15) is 16.5 Å². The van der Waals surface area contributed by atoms with Crippen LogP contribution in [-0.2, 0) is 11.3 Å². The van der Waals surface area contributed by atoms with Gasteiger partial charge in [-0.25, -0.2) is 4.68 Å². The molecule has 0 saturated heterocycles. The molecule has 0 radical (unpaired) electrons. The van der Waals surface area contributed by atoms with E-state index in [-0.39, 0.29) is 22.3 Å². The van der Waals surface area contributed by atoms with Gasteiger partial charge in [-0.15, -0.1) is 11.3 Å². The van der Waals surface area contributed by atoms with E-state index in [9.17, 15) is 14.9 Å². The Morgan fingerprint density at radius 3 is 2.24 bits per heavy atom. The number of furan rings is 1. The van der Waals surface area contributed by atoms with Crippen molar-refractivity contribution in [3.05, 3.63) is 146 Å². The SMILES string of the molecule is N#C/C(C(=O)NCc1ccco1)=c1/s/c(=C\c2cn(-c3ccccc3)nc2-c2ccccc2)c(=O)n1-c1ccccc1. The van der Waals surface area contributed by atoms with Crippen molar-refractivity contribution in [1.29, 1.82) is 5.26 Å². The molecule has 0 fully saturated rings. The standard InChI is InChI=1S/C33H23N5O3S/c34-20-28(31(39)35-21-27-17-10-18-41-27)33-38(26-15-8-3-9-16-26)32(40)29(42-33)19-24-22-37(25-13-6-2-7-14-25)36-30(24)23-11-4-1-5-12-23/h1-19,22H,21H2,(H,35,39)/b29-19-,33-28-. The minimum Gasteiger partial charge on any atom is -0.467 e. The van der Waals surface area contributed by atoms with E-state index in [0.717, 1.165) is 28.2 Å². The van der Waals surface area contributed by atoms with Crippen LogP contribution in [0.25, 0.3) is 34.3 Å². The fraction of sp³-hybridized carbons (Fsp3) is 0.0303. The van der Waals surface area contributed by atoms with E-state index >= 15 is 0 Å². The highest BCUT2D eigenvalue weighted by Gasteiger charge is 2.18. The number of nitrogens with one attached hydrogen (secondary N) is 1. The molecular formula is C33H23N5O3S. The molecule has 0 aliphatic rings. The number of hydrogen-bond donors (Lipinski definition) is 1. The summed E-state index contributed by atoms with van der Waals surface area (Å²) >= 11 is 1.08. The number of benzene rings is 3. The third-order valence-corrected chi connectivity index (χ3v) is 7.58. The number of para-hydroxylation sites is 2. The maximum atomic E-state index is 14.0. The first-order valence-electron chi connectivity index (χ1n) is 13.1. The molecule has 42 heavy (non-hydrogen) atoms.